The molecule has 0 radical (unpaired) electrons. The largest absolute Gasteiger partial charge is 0.493 e. The van der Waals surface area contributed by atoms with E-state index in [9.17, 15) is 18.3 Å². The van der Waals surface area contributed by atoms with Gasteiger partial charge >= 0.3 is 5.97 Å². The van der Waals surface area contributed by atoms with Gasteiger partial charge in [0, 0.05) is 18.5 Å². The van der Waals surface area contributed by atoms with Crippen molar-refractivity contribution in [1.29, 1.82) is 0 Å². The molecule has 0 heterocycles. The molecule has 35 heavy (non-hydrogen) atoms. The van der Waals surface area contributed by atoms with Gasteiger partial charge in [0.2, 0.25) is 0 Å². The first kappa shape index (κ1) is 26.0. The summed E-state index contributed by atoms with van der Waals surface area (Å²) >= 11 is 0. The Balaban J connectivity index is 1.58. The molecule has 0 saturated carbocycles. The van der Waals surface area contributed by atoms with Gasteiger partial charge in [0.1, 0.15) is 5.75 Å². The molecule has 8 heteroatoms. The number of ether oxygens (including phenoxy) is 1. The molecule has 0 aliphatic rings. The van der Waals surface area contributed by atoms with Crippen molar-refractivity contribution < 1.29 is 28.2 Å². The third-order valence-electron chi connectivity index (χ3n) is 5.17. The van der Waals surface area contributed by atoms with Crippen molar-refractivity contribution >= 4 is 27.8 Å². The van der Waals surface area contributed by atoms with Crippen LogP contribution in [0.25, 0.3) is 6.08 Å². The van der Waals surface area contributed by atoms with Gasteiger partial charge in [0.05, 0.1) is 17.6 Å². The number of aliphatic hydroxyl groups excluding tert-OH is 1. The first-order chi connectivity index (χ1) is 16.7. The summed E-state index contributed by atoms with van der Waals surface area (Å²) < 4.78 is 33.6. The molecule has 0 fully saturated rings. The summed E-state index contributed by atoms with van der Waals surface area (Å²) in [7, 11) is -3.70. The summed E-state index contributed by atoms with van der Waals surface area (Å²) in [5.74, 6) is -0.258. The first-order valence-electron chi connectivity index (χ1n) is 11.2. The second-order valence-corrected chi connectivity index (χ2v) is 9.80. The molecular formula is C27H29NO6S. The number of rotatable bonds is 12. The topological polar surface area (TPSA) is 113 Å². The number of hydrogen-bond donors (Lipinski definition) is 3. The second-order valence-electron chi connectivity index (χ2n) is 8.12. The third kappa shape index (κ3) is 8.27. The molecule has 0 unspecified atom stereocenters. The van der Waals surface area contributed by atoms with Crippen molar-refractivity contribution in [3.05, 3.63) is 95.6 Å². The number of anilines is 1. The van der Waals surface area contributed by atoms with Crippen molar-refractivity contribution in [3.63, 3.8) is 0 Å². The number of carboxylic acid groups (broad SMARTS) is 1. The molecule has 3 rings (SSSR count). The number of aliphatic carboxylic acids is 1. The lowest BCUT2D eigenvalue weighted by molar-refractivity contribution is -0.136. The number of sulfonamides is 1. The number of aryl methyl sites for hydroxylation is 2. The zero-order valence-electron chi connectivity index (χ0n) is 19.4. The van der Waals surface area contributed by atoms with Gasteiger partial charge in [0.25, 0.3) is 10.0 Å². The summed E-state index contributed by atoms with van der Waals surface area (Å²) in [5.41, 5.74) is 2.86. The van der Waals surface area contributed by atoms with E-state index in [0.29, 0.717) is 24.3 Å². The van der Waals surface area contributed by atoms with Crippen LogP contribution >= 0.6 is 0 Å². The van der Waals surface area contributed by atoms with Crippen LogP contribution in [0, 0.1) is 6.92 Å². The maximum Gasteiger partial charge on any atom is 0.303 e. The zero-order chi connectivity index (χ0) is 25.3. The van der Waals surface area contributed by atoms with Crippen LogP contribution in [-0.4, -0.2) is 37.3 Å². The summed E-state index contributed by atoms with van der Waals surface area (Å²) in [4.78, 5) is 11.0. The van der Waals surface area contributed by atoms with Crippen LogP contribution in [0.4, 0.5) is 5.69 Å². The second kappa shape index (κ2) is 12.2. The van der Waals surface area contributed by atoms with E-state index in [1.165, 1.54) is 12.1 Å². The molecule has 7 nitrogen and oxygen atoms in total. The Kier molecular flexibility index (Phi) is 9.05. The Bertz CT molecular complexity index is 1270. The Labute approximate surface area is 205 Å². The highest BCUT2D eigenvalue weighted by Crippen LogP contribution is 2.22. The molecular weight excluding hydrogens is 466 g/mol. The lowest BCUT2D eigenvalue weighted by Crippen LogP contribution is -2.13. The molecule has 1 atom stereocenters. The van der Waals surface area contributed by atoms with Gasteiger partial charge in [-0.05, 0) is 60.4 Å². The monoisotopic (exact) mass is 495 g/mol. The average Bonchev–Trinajstić information content (AvgIpc) is 2.82. The smallest absolute Gasteiger partial charge is 0.303 e. The van der Waals surface area contributed by atoms with Crippen molar-refractivity contribution in [3.8, 4) is 5.75 Å². The molecule has 184 valence electrons. The Morgan fingerprint density at radius 3 is 2.51 bits per heavy atom. The van der Waals surface area contributed by atoms with E-state index >= 15 is 0 Å². The van der Waals surface area contributed by atoms with E-state index in [1.54, 1.807) is 48.6 Å². The molecule has 3 aromatic carbocycles. The van der Waals surface area contributed by atoms with Gasteiger partial charge in [0.15, 0.2) is 0 Å². The third-order valence-corrected chi connectivity index (χ3v) is 6.57. The highest BCUT2D eigenvalue weighted by molar-refractivity contribution is 7.92. The van der Waals surface area contributed by atoms with Crippen LogP contribution in [0.5, 0.6) is 5.75 Å². The summed E-state index contributed by atoms with van der Waals surface area (Å²) in [6.45, 7) is 2.12. The minimum Gasteiger partial charge on any atom is -0.493 e. The van der Waals surface area contributed by atoms with Crippen molar-refractivity contribution in [2.75, 3.05) is 11.3 Å². The molecule has 0 bridgehead atoms. The van der Waals surface area contributed by atoms with Crippen molar-refractivity contribution in [2.45, 2.75) is 37.2 Å². The van der Waals surface area contributed by atoms with Crippen LogP contribution in [0.1, 0.15) is 29.5 Å². The number of aliphatic hydroxyl groups is 1. The van der Waals surface area contributed by atoms with Gasteiger partial charge in [-0.1, -0.05) is 54.6 Å². The molecule has 0 saturated heterocycles. The standard InChI is InChI=1S/C27H29NO6S/c1-20-17-21(19-23(18-20)28-35(32,33)25-8-3-2-4-9-25)11-13-24(29)15-16-34-26-10-6-5-7-22(26)12-14-27(30)31/h2-11,13,17-19,24,28-29H,12,14-16H2,1H3,(H,30,31)/b13-11+/t24-/m0/s1. The quantitative estimate of drug-likeness (QED) is 0.337. The summed E-state index contributed by atoms with van der Waals surface area (Å²) in [6.07, 6.45) is 3.32. The number of carbonyl (C=O) groups is 1. The van der Waals surface area contributed by atoms with Crippen LogP contribution in [0.15, 0.2) is 83.8 Å². The Hall–Kier alpha value is -3.62. The van der Waals surface area contributed by atoms with Crippen LogP contribution in [0.2, 0.25) is 0 Å². The summed E-state index contributed by atoms with van der Waals surface area (Å²) in [5, 5.41) is 19.2. The fourth-order valence-corrected chi connectivity index (χ4v) is 4.54. The molecule has 0 spiro atoms. The number of para-hydroxylation sites is 1. The minimum atomic E-state index is -3.70. The van der Waals surface area contributed by atoms with Crippen LogP contribution < -0.4 is 9.46 Å². The van der Waals surface area contributed by atoms with Gasteiger partial charge < -0.3 is 14.9 Å². The van der Waals surface area contributed by atoms with E-state index in [0.717, 1.165) is 16.7 Å². The van der Waals surface area contributed by atoms with Gasteiger partial charge in [-0.25, -0.2) is 8.42 Å². The first-order valence-corrected chi connectivity index (χ1v) is 12.7. The average molecular weight is 496 g/mol. The predicted octanol–water partition coefficient (Wildman–Crippen LogP) is 4.66. The Morgan fingerprint density at radius 1 is 1.06 bits per heavy atom. The number of nitrogens with one attached hydrogen (secondary N) is 1. The van der Waals surface area contributed by atoms with Gasteiger partial charge in [-0.2, -0.15) is 0 Å². The fourth-order valence-electron chi connectivity index (χ4n) is 3.48. The normalized spacial score (nSPS) is 12.4. The zero-order valence-corrected chi connectivity index (χ0v) is 20.2. The van der Waals surface area contributed by atoms with Gasteiger partial charge in [-0.15, -0.1) is 0 Å². The van der Waals surface area contributed by atoms with Crippen LogP contribution in [0.3, 0.4) is 0 Å². The summed E-state index contributed by atoms with van der Waals surface area (Å²) in [6, 6.07) is 20.7. The Morgan fingerprint density at radius 2 is 1.77 bits per heavy atom. The highest BCUT2D eigenvalue weighted by atomic mass is 32.2. The van der Waals surface area contributed by atoms with E-state index < -0.39 is 22.1 Å². The van der Waals surface area contributed by atoms with Gasteiger partial charge in [-0.3, -0.25) is 9.52 Å². The molecule has 3 aromatic rings. The molecule has 3 N–H and O–H groups in total. The fraction of sp³-hybridized carbons (Fsp3) is 0.222. The van der Waals surface area contributed by atoms with Crippen LogP contribution in [-0.2, 0) is 21.2 Å². The van der Waals surface area contributed by atoms with E-state index in [1.807, 2.05) is 31.2 Å². The predicted molar refractivity (Wildman–Crippen MR) is 136 cm³/mol. The number of benzene rings is 3. The molecule has 0 aromatic heterocycles. The number of carboxylic acids is 1. The maximum absolute atomic E-state index is 12.6. The minimum absolute atomic E-state index is 0.0196. The van der Waals surface area contributed by atoms with Crippen molar-refractivity contribution in [2.24, 2.45) is 0 Å². The lowest BCUT2D eigenvalue weighted by atomic mass is 10.1. The number of hydrogen-bond acceptors (Lipinski definition) is 5. The molecule has 0 amide bonds. The SMILES string of the molecule is Cc1cc(/C=C/[C@H](O)CCOc2ccccc2CCC(=O)O)cc(NS(=O)(=O)c2ccccc2)c1. The van der Waals surface area contributed by atoms with E-state index in [4.69, 9.17) is 9.84 Å². The van der Waals surface area contributed by atoms with E-state index in [2.05, 4.69) is 4.72 Å². The maximum atomic E-state index is 12.6. The van der Waals surface area contributed by atoms with Crippen molar-refractivity contribution in [1.82, 2.24) is 0 Å². The highest BCUT2D eigenvalue weighted by Gasteiger charge is 2.14. The lowest BCUT2D eigenvalue weighted by Gasteiger charge is -2.12. The van der Waals surface area contributed by atoms with E-state index in [-0.39, 0.29) is 17.9 Å². The molecule has 0 aliphatic heterocycles. The molecule has 0 aliphatic carbocycles.